The molecular formula is C24H20ClN3O2. The summed E-state index contributed by atoms with van der Waals surface area (Å²) in [5, 5.41) is 17.9. The molecule has 0 bridgehead atoms. The highest BCUT2D eigenvalue weighted by molar-refractivity contribution is 6.32. The van der Waals surface area contributed by atoms with Gasteiger partial charge in [-0.25, -0.2) is 9.48 Å². The van der Waals surface area contributed by atoms with Gasteiger partial charge in [-0.2, -0.15) is 5.10 Å². The lowest BCUT2D eigenvalue weighted by molar-refractivity contribution is 0.0697. The van der Waals surface area contributed by atoms with Gasteiger partial charge in [-0.1, -0.05) is 59.6 Å². The summed E-state index contributed by atoms with van der Waals surface area (Å²) in [6, 6.07) is 22.5. The Morgan fingerprint density at radius 3 is 2.57 bits per heavy atom. The standard InChI is InChI=1S/C24H20ClN3O2/c1-16-9-11-17(12-10-16)23-19(14-26-20-6-4-5-18(13-20)24(29)30)15-28(27-23)22-8-3-2-7-21(22)25/h2-13,15,26H,14H2,1H3,(H,29,30). The maximum absolute atomic E-state index is 11.2. The first-order valence-electron chi connectivity index (χ1n) is 9.49. The second-order valence-corrected chi connectivity index (χ2v) is 7.41. The number of nitrogens with one attached hydrogen (secondary N) is 1. The molecule has 0 saturated carbocycles. The van der Waals surface area contributed by atoms with Gasteiger partial charge in [-0.3, -0.25) is 0 Å². The second kappa shape index (κ2) is 8.43. The zero-order valence-corrected chi connectivity index (χ0v) is 17.1. The van der Waals surface area contributed by atoms with Gasteiger partial charge in [-0.05, 0) is 37.3 Å². The molecule has 30 heavy (non-hydrogen) atoms. The number of benzene rings is 3. The second-order valence-electron chi connectivity index (χ2n) is 7.00. The number of para-hydroxylation sites is 1. The molecule has 0 saturated heterocycles. The minimum Gasteiger partial charge on any atom is -0.478 e. The van der Waals surface area contributed by atoms with Gasteiger partial charge in [0.25, 0.3) is 0 Å². The quantitative estimate of drug-likeness (QED) is 0.415. The van der Waals surface area contributed by atoms with Gasteiger partial charge in [0.2, 0.25) is 0 Å². The lowest BCUT2D eigenvalue weighted by Gasteiger charge is -2.08. The average molecular weight is 418 g/mol. The van der Waals surface area contributed by atoms with E-state index in [2.05, 4.69) is 17.4 Å². The number of rotatable bonds is 6. The van der Waals surface area contributed by atoms with Gasteiger partial charge in [0.05, 0.1) is 22.0 Å². The number of anilines is 1. The molecule has 0 atom stereocenters. The van der Waals surface area contributed by atoms with Crippen LogP contribution < -0.4 is 5.32 Å². The molecule has 1 heterocycles. The molecule has 6 heteroatoms. The molecule has 4 rings (SSSR count). The van der Waals surface area contributed by atoms with Crippen LogP contribution in [0.25, 0.3) is 16.9 Å². The summed E-state index contributed by atoms with van der Waals surface area (Å²) >= 11 is 6.38. The molecule has 0 unspecified atom stereocenters. The molecule has 0 fully saturated rings. The number of nitrogens with zero attached hydrogens (tertiary/aromatic N) is 2. The minimum atomic E-state index is -0.953. The Labute approximate surface area is 179 Å². The Kier molecular flexibility index (Phi) is 5.55. The highest BCUT2D eigenvalue weighted by Gasteiger charge is 2.14. The molecule has 0 aliphatic rings. The molecule has 0 aliphatic heterocycles. The van der Waals surface area contributed by atoms with Crippen LogP contribution in [0, 0.1) is 6.92 Å². The number of hydrogen-bond donors (Lipinski definition) is 2. The maximum Gasteiger partial charge on any atom is 0.335 e. The molecule has 2 N–H and O–H groups in total. The van der Waals surface area contributed by atoms with Gasteiger partial charge in [0.15, 0.2) is 0 Å². The molecule has 0 spiro atoms. The summed E-state index contributed by atoms with van der Waals surface area (Å²) in [6.07, 6.45) is 1.95. The monoisotopic (exact) mass is 417 g/mol. The fourth-order valence-corrected chi connectivity index (χ4v) is 3.44. The Bertz CT molecular complexity index is 1200. The molecule has 3 aromatic carbocycles. The molecule has 1 aromatic heterocycles. The number of carboxylic acids is 1. The summed E-state index contributed by atoms with van der Waals surface area (Å²) in [5.74, 6) is -0.953. The fourth-order valence-electron chi connectivity index (χ4n) is 3.21. The van der Waals surface area contributed by atoms with Gasteiger partial charge in [0, 0.05) is 29.6 Å². The van der Waals surface area contributed by atoms with Crippen LogP contribution in [0.4, 0.5) is 5.69 Å². The number of carbonyl (C=O) groups is 1. The van der Waals surface area contributed by atoms with Gasteiger partial charge < -0.3 is 10.4 Å². The van der Waals surface area contributed by atoms with Crippen molar-refractivity contribution in [1.82, 2.24) is 9.78 Å². The lowest BCUT2D eigenvalue weighted by Crippen LogP contribution is -2.02. The van der Waals surface area contributed by atoms with Crippen LogP contribution in [0.5, 0.6) is 0 Å². The summed E-state index contributed by atoms with van der Waals surface area (Å²) in [7, 11) is 0. The van der Waals surface area contributed by atoms with Gasteiger partial charge in [0.1, 0.15) is 0 Å². The average Bonchev–Trinajstić information content (AvgIpc) is 3.17. The normalized spacial score (nSPS) is 10.7. The number of halogens is 1. The zero-order chi connectivity index (χ0) is 21.1. The smallest absolute Gasteiger partial charge is 0.335 e. The van der Waals surface area contributed by atoms with Crippen molar-refractivity contribution in [3.05, 3.63) is 101 Å². The van der Waals surface area contributed by atoms with Crippen LogP contribution in [0.15, 0.2) is 79.0 Å². The minimum absolute atomic E-state index is 0.241. The van der Waals surface area contributed by atoms with Crippen molar-refractivity contribution < 1.29 is 9.90 Å². The van der Waals surface area contributed by atoms with E-state index in [1.807, 2.05) is 55.6 Å². The van der Waals surface area contributed by atoms with E-state index in [-0.39, 0.29) is 5.56 Å². The van der Waals surface area contributed by atoms with E-state index >= 15 is 0 Å². The van der Waals surface area contributed by atoms with E-state index in [9.17, 15) is 9.90 Å². The number of aromatic carboxylic acids is 1. The van der Waals surface area contributed by atoms with Crippen molar-refractivity contribution in [2.24, 2.45) is 0 Å². The van der Waals surface area contributed by atoms with Crippen LogP contribution in [-0.2, 0) is 6.54 Å². The molecule has 0 radical (unpaired) electrons. The molecular weight excluding hydrogens is 398 g/mol. The summed E-state index contributed by atoms with van der Waals surface area (Å²) < 4.78 is 1.78. The Morgan fingerprint density at radius 2 is 1.83 bits per heavy atom. The van der Waals surface area contributed by atoms with Crippen molar-refractivity contribution in [2.45, 2.75) is 13.5 Å². The molecule has 0 aliphatic carbocycles. The lowest BCUT2D eigenvalue weighted by atomic mass is 10.1. The van der Waals surface area contributed by atoms with Crippen LogP contribution in [0.3, 0.4) is 0 Å². The summed E-state index contributed by atoms with van der Waals surface area (Å²) in [6.45, 7) is 2.53. The van der Waals surface area contributed by atoms with Gasteiger partial charge in [-0.15, -0.1) is 0 Å². The predicted molar refractivity (Wildman–Crippen MR) is 119 cm³/mol. The SMILES string of the molecule is Cc1ccc(-c2nn(-c3ccccc3Cl)cc2CNc2cccc(C(=O)O)c2)cc1. The van der Waals surface area contributed by atoms with Crippen molar-refractivity contribution in [1.29, 1.82) is 0 Å². The van der Waals surface area contributed by atoms with Crippen LogP contribution in [0.2, 0.25) is 5.02 Å². The van der Waals surface area contributed by atoms with Crippen molar-refractivity contribution >= 4 is 23.3 Å². The summed E-state index contributed by atoms with van der Waals surface area (Å²) in [5.41, 5.74) is 5.76. The van der Waals surface area contributed by atoms with Crippen molar-refractivity contribution in [3.8, 4) is 16.9 Å². The van der Waals surface area contributed by atoms with E-state index in [4.69, 9.17) is 16.7 Å². The van der Waals surface area contributed by atoms with E-state index < -0.39 is 5.97 Å². The number of hydrogen-bond acceptors (Lipinski definition) is 3. The first-order valence-corrected chi connectivity index (χ1v) is 9.87. The molecule has 150 valence electrons. The fraction of sp³-hybridized carbons (Fsp3) is 0.0833. The molecule has 5 nitrogen and oxygen atoms in total. The van der Waals surface area contributed by atoms with E-state index in [0.29, 0.717) is 11.6 Å². The first-order chi connectivity index (χ1) is 14.5. The zero-order valence-electron chi connectivity index (χ0n) is 16.3. The van der Waals surface area contributed by atoms with E-state index in [1.165, 1.54) is 5.56 Å². The maximum atomic E-state index is 11.2. The van der Waals surface area contributed by atoms with Crippen LogP contribution >= 0.6 is 11.6 Å². The third-order valence-corrected chi connectivity index (χ3v) is 5.13. The topological polar surface area (TPSA) is 67.2 Å². The first kappa shape index (κ1) is 19.7. The largest absolute Gasteiger partial charge is 0.478 e. The molecule has 4 aromatic rings. The third-order valence-electron chi connectivity index (χ3n) is 4.81. The van der Waals surface area contributed by atoms with Crippen LogP contribution in [-0.4, -0.2) is 20.9 Å². The number of carboxylic acid groups (broad SMARTS) is 1. The third kappa shape index (κ3) is 4.21. The highest BCUT2D eigenvalue weighted by Crippen LogP contribution is 2.27. The number of aromatic nitrogens is 2. The Morgan fingerprint density at radius 1 is 1.07 bits per heavy atom. The Balaban J connectivity index is 1.70. The highest BCUT2D eigenvalue weighted by atomic mass is 35.5. The van der Waals surface area contributed by atoms with Gasteiger partial charge >= 0.3 is 5.97 Å². The van der Waals surface area contributed by atoms with Crippen LogP contribution in [0.1, 0.15) is 21.5 Å². The van der Waals surface area contributed by atoms with E-state index in [0.717, 1.165) is 28.2 Å². The Hall–Kier alpha value is -3.57. The van der Waals surface area contributed by atoms with E-state index in [1.54, 1.807) is 22.9 Å². The summed E-state index contributed by atoms with van der Waals surface area (Å²) in [4.78, 5) is 11.2. The van der Waals surface area contributed by atoms with Crippen molar-refractivity contribution in [3.63, 3.8) is 0 Å². The molecule has 0 amide bonds. The number of aryl methyl sites for hydroxylation is 1. The van der Waals surface area contributed by atoms with Crippen molar-refractivity contribution in [2.75, 3.05) is 5.32 Å². The predicted octanol–water partition coefficient (Wildman–Crippen LogP) is 5.81.